The number of halogens is 1. The highest BCUT2D eigenvalue weighted by Crippen LogP contribution is 2.24. The third-order valence-corrected chi connectivity index (χ3v) is 5.40. The maximum Gasteiger partial charge on any atom is 0.307 e. The van der Waals surface area contributed by atoms with Gasteiger partial charge in [0.15, 0.2) is 0 Å². The highest BCUT2D eigenvalue weighted by molar-refractivity contribution is 14.1. The summed E-state index contributed by atoms with van der Waals surface area (Å²) in [4.78, 5) is 24.6. The van der Waals surface area contributed by atoms with E-state index in [-0.39, 0.29) is 24.3 Å². The number of carbonyl (C=O) groups is 2. The first-order chi connectivity index (χ1) is 9.60. The fourth-order valence-corrected chi connectivity index (χ4v) is 3.74. The van der Waals surface area contributed by atoms with Crippen LogP contribution in [0.5, 0.6) is 0 Å². The number of carbonyl (C=O) groups excluding carboxylic acids is 2. The van der Waals surface area contributed by atoms with Gasteiger partial charge in [-0.05, 0) is 40.1 Å². The molecule has 2 heterocycles. The number of thiophene rings is 2. The van der Waals surface area contributed by atoms with Gasteiger partial charge in [0.2, 0.25) is 0 Å². The topological polar surface area (TPSA) is 55.4 Å². The van der Waals surface area contributed by atoms with Crippen molar-refractivity contribution in [2.24, 2.45) is 0 Å². The molecule has 2 aromatic heterocycles. The molecule has 0 aliphatic rings. The third-order valence-electron chi connectivity index (χ3n) is 2.62. The number of hydrogen-bond donors (Lipinski definition) is 1. The normalized spacial score (nSPS) is 11.9. The van der Waals surface area contributed by atoms with Crippen LogP contribution in [0.25, 0.3) is 0 Å². The standard InChI is InChI=1S/C13H12INO3S2/c1-18-12(16)6-9(10-3-2-4-19-10)15-13(17)8-5-11(14)20-7-8/h2-5,7,9H,6H2,1H3,(H,15,17). The number of rotatable bonds is 5. The lowest BCUT2D eigenvalue weighted by molar-refractivity contribution is -0.141. The first-order valence-corrected chi connectivity index (χ1v) is 8.59. The molecule has 1 amide bonds. The quantitative estimate of drug-likeness (QED) is 0.595. The fourth-order valence-electron chi connectivity index (χ4n) is 1.63. The molecule has 1 atom stereocenters. The Morgan fingerprint density at radius 2 is 2.25 bits per heavy atom. The molecule has 0 aliphatic heterocycles. The van der Waals surface area contributed by atoms with E-state index in [2.05, 4.69) is 32.6 Å². The van der Waals surface area contributed by atoms with Crippen molar-refractivity contribution in [3.8, 4) is 0 Å². The molecule has 4 nitrogen and oxygen atoms in total. The highest BCUT2D eigenvalue weighted by atomic mass is 127. The molecule has 20 heavy (non-hydrogen) atoms. The summed E-state index contributed by atoms with van der Waals surface area (Å²) < 4.78 is 5.73. The van der Waals surface area contributed by atoms with Crippen molar-refractivity contribution < 1.29 is 14.3 Å². The van der Waals surface area contributed by atoms with Crippen molar-refractivity contribution in [1.29, 1.82) is 0 Å². The summed E-state index contributed by atoms with van der Waals surface area (Å²) in [5, 5.41) is 6.61. The van der Waals surface area contributed by atoms with Crippen molar-refractivity contribution in [2.75, 3.05) is 7.11 Å². The Morgan fingerprint density at radius 3 is 2.80 bits per heavy atom. The molecule has 2 rings (SSSR count). The summed E-state index contributed by atoms with van der Waals surface area (Å²) in [5.41, 5.74) is 0.617. The van der Waals surface area contributed by atoms with Gasteiger partial charge in [0.25, 0.3) is 5.91 Å². The van der Waals surface area contributed by atoms with E-state index in [1.807, 2.05) is 23.6 Å². The molecule has 0 saturated carbocycles. The lowest BCUT2D eigenvalue weighted by Crippen LogP contribution is -2.29. The number of nitrogens with one attached hydrogen (secondary N) is 1. The van der Waals surface area contributed by atoms with Crippen LogP contribution in [0.4, 0.5) is 0 Å². The second kappa shape index (κ2) is 7.19. The van der Waals surface area contributed by atoms with Gasteiger partial charge in [-0.25, -0.2) is 0 Å². The summed E-state index contributed by atoms with van der Waals surface area (Å²) in [6.07, 6.45) is 0.129. The van der Waals surface area contributed by atoms with Gasteiger partial charge in [-0.1, -0.05) is 6.07 Å². The molecule has 0 saturated heterocycles. The summed E-state index contributed by atoms with van der Waals surface area (Å²) in [5.74, 6) is -0.518. The minimum Gasteiger partial charge on any atom is -0.469 e. The van der Waals surface area contributed by atoms with Gasteiger partial charge in [0.1, 0.15) is 0 Å². The average Bonchev–Trinajstić information content (AvgIpc) is 3.08. The summed E-state index contributed by atoms with van der Waals surface area (Å²) in [7, 11) is 1.34. The van der Waals surface area contributed by atoms with E-state index in [1.165, 1.54) is 29.8 Å². The number of methoxy groups -OCH3 is 1. The minimum absolute atomic E-state index is 0.129. The lowest BCUT2D eigenvalue weighted by atomic mass is 10.1. The Balaban J connectivity index is 2.11. The van der Waals surface area contributed by atoms with Gasteiger partial charge >= 0.3 is 5.97 Å². The first-order valence-electron chi connectivity index (χ1n) is 5.75. The van der Waals surface area contributed by atoms with Crippen LogP contribution in [-0.2, 0) is 9.53 Å². The number of ether oxygens (including phenoxy) is 1. The van der Waals surface area contributed by atoms with Crippen molar-refractivity contribution in [2.45, 2.75) is 12.5 Å². The van der Waals surface area contributed by atoms with Crippen LogP contribution in [0.3, 0.4) is 0 Å². The Morgan fingerprint density at radius 1 is 1.45 bits per heavy atom. The van der Waals surface area contributed by atoms with E-state index in [0.29, 0.717) is 5.56 Å². The summed E-state index contributed by atoms with van der Waals surface area (Å²) in [6.45, 7) is 0. The molecule has 0 fully saturated rings. The zero-order chi connectivity index (χ0) is 14.5. The Hall–Kier alpha value is -0.930. The first kappa shape index (κ1) is 15.5. The summed E-state index contributed by atoms with van der Waals surface area (Å²) >= 11 is 5.19. The molecule has 0 aromatic carbocycles. The molecular weight excluding hydrogens is 409 g/mol. The molecule has 0 radical (unpaired) electrons. The van der Waals surface area contributed by atoms with Crippen molar-refractivity contribution in [1.82, 2.24) is 5.32 Å². The second-order valence-electron chi connectivity index (χ2n) is 3.96. The molecule has 1 N–H and O–H groups in total. The van der Waals surface area contributed by atoms with Gasteiger partial charge in [-0.3, -0.25) is 9.59 Å². The van der Waals surface area contributed by atoms with E-state index < -0.39 is 0 Å². The van der Waals surface area contributed by atoms with Gasteiger partial charge in [0.05, 0.1) is 28.0 Å². The van der Waals surface area contributed by atoms with Crippen molar-refractivity contribution in [3.63, 3.8) is 0 Å². The third kappa shape index (κ3) is 4.03. The molecule has 1 unspecified atom stereocenters. The SMILES string of the molecule is COC(=O)CC(NC(=O)c1csc(I)c1)c1cccs1. The maximum atomic E-state index is 12.2. The molecule has 7 heteroatoms. The largest absolute Gasteiger partial charge is 0.469 e. The van der Waals surface area contributed by atoms with Crippen LogP contribution in [0.2, 0.25) is 0 Å². The molecule has 0 spiro atoms. The molecule has 2 aromatic rings. The molecule has 0 aliphatic carbocycles. The van der Waals surface area contributed by atoms with Crippen LogP contribution in [0.1, 0.15) is 27.7 Å². The monoisotopic (exact) mass is 421 g/mol. The second-order valence-corrected chi connectivity index (χ2v) is 7.75. The van der Waals surface area contributed by atoms with E-state index in [9.17, 15) is 9.59 Å². The van der Waals surface area contributed by atoms with Crippen LogP contribution in [0.15, 0.2) is 29.0 Å². The number of amides is 1. The van der Waals surface area contributed by atoms with E-state index in [4.69, 9.17) is 0 Å². The van der Waals surface area contributed by atoms with Crippen molar-refractivity contribution >= 4 is 57.1 Å². The smallest absolute Gasteiger partial charge is 0.307 e. The predicted molar refractivity (Wildman–Crippen MR) is 88.2 cm³/mol. The van der Waals surface area contributed by atoms with E-state index in [1.54, 1.807) is 5.38 Å². The van der Waals surface area contributed by atoms with Crippen LogP contribution < -0.4 is 5.32 Å². The van der Waals surface area contributed by atoms with Gasteiger partial charge in [-0.15, -0.1) is 22.7 Å². The van der Waals surface area contributed by atoms with Crippen LogP contribution in [-0.4, -0.2) is 19.0 Å². The Bertz CT molecular complexity index is 595. The van der Waals surface area contributed by atoms with Gasteiger partial charge < -0.3 is 10.1 Å². The molecule has 106 valence electrons. The van der Waals surface area contributed by atoms with Gasteiger partial charge in [0, 0.05) is 10.3 Å². The average molecular weight is 421 g/mol. The summed E-state index contributed by atoms with van der Waals surface area (Å²) in [6, 6.07) is 5.26. The number of esters is 1. The minimum atomic E-state index is -0.354. The highest BCUT2D eigenvalue weighted by Gasteiger charge is 2.21. The lowest BCUT2D eigenvalue weighted by Gasteiger charge is -2.15. The predicted octanol–water partition coefficient (Wildman–Crippen LogP) is 3.45. The zero-order valence-electron chi connectivity index (χ0n) is 10.6. The van der Waals surface area contributed by atoms with E-state index >= 15 is 0 Å². The Labute approximate surface area is 138 Å². The molecular formula is C13H12INO3S2. The van der Waals surface area contributed by atoms with Crippen LogP contribution in [0, 0.1) is 2.88 Å². The van der Waals surface area contributed by atoms with E-state index in [0.717, 1.165) is 7.76 Å². The van der Waals surface area contributed by atoms with Gasteiger partial charge in [-0.2, -0.15) is 0 Å². The van der Waals surface area contributed by atoms with Crippen LogP contribution >= 0.6 is 45.3 Å². The zero-order valence-corrected chi connectivity index (χ0v) is 14.4. The van der Waals surface area contributed by atoms with Crippen molar-refractivity contribution in [3.05, 3.63) is 42.3 Å². The number of hydrogen-bond acceptors (Lipinski definition) is 5. The fraction of sp³-hybridized carbons (Fsp3) is 0.231. The molecule has 0 bridgehead atoms. The Kier molecular flexibility index (Phi) is 5.55. The maximum absolute atomic E-state index is 12.2.